The van der Waals surface area contributed by atoms with Gasteiger partial charge in [-0.15, -0.1) is 0 Å². The topological polar surface area (TPSA) is 84.9 Å². The molecule has 1 spiro atoms. The van der Waals surface area contributed by atoms with E-state index in [1.165, 1.54) is 13.2 Å². The molecule has 1 aliphatic heterocycles. The molecule has 0 unspecified atom stereocenters. The van der Waals surface area contributed by atoms with Crippen molar-refractivity contribution in [3.05, 3.63) is 24.0 Å². The molecular formula is C15H20FNO5S. The van der Waals surface area contributed by atoms with E-state index < -0.39 is 27.4 Å². The van der Waals surface area contributed by atoms with Crippen molar-refractivity contribution in [2.75, 3.05) is 20.3 Å². The first-order chi connectivity index (χ1) is 10.9. The Balaban J connectivity index is 1.84. The van der Waals surface area contributed by atoms with Gasteiger partial charge in [0, 0.05) is 30.7 Å². The van der Waals surface area contributed by atoms with E-state index in [-0.39, 0.29) is 16.7 Å². The Hall–Kier alpha value is -1.22. The molecule has 2 fully saturated rings. The molecule has 2 atom stereocenters. The maximum Gasteiger partial charge on any atom is 0.244 e. The van der Waals surface area contributed by atoms with E-state index in [4.69, 9.17) is 9.47 Å². The second-order valence-corrected chi connectivity index (χ2v) is 7.75. The quantitative estimate of drug-likeness (QED) is 0.852. The Morgan fingerprint density at radius 3 is 2.70 bits per heavy atom. The number of halogens is 1. The first-order valence-electron chi connectivity index (χ1n) is 7.51. The number of nitrogens with one attached hydrogen (secondary N) is 1. The summed E-state index contributed by atoms with van der Waals surface area (Å²) in [4.78, 5) is -0.106. The van der Waals surface area contributed by atoms with Crippen LogP contribution in [0.3, 0.4) is 0 Å². The van der Waals surface area contributed by atoms with Gasteiger partial charge >= 0.3 is 0 Å². The number of hydrogen-bond acceptors (Lipinski definition) is 5. The normalized spacial score (nSPS) is 26.7. The molecule has 1 saturated carbocycles. The largest absolute Gasteiger partial charge is 0.495 e. The summed E-state index contributed by atoms with van der Waals surface area (Å²) >= 11 is 0. The molecule has 3 rings (SSSR count). The van der Waals surface area contributed by atoms with Crippen LogP contribution in [-0.2, 0) is 14.8 Å². The molecule has 23 heavy (non-hydrogen) atoms. The first kappa shape index (κ1) is 16.6. The van der Waals surface area contributed by atoms with E-state index in [9.17, 15) is 17.9 Å². The molecule has 1 heterocycles. The first-order valence-corrected chi connectivity index (χ1v) is 8.99. The molecule has 1 aromatic carbocycles. The summed E-state index contributed by atoms with van der Waals surface area (Å²) in [6.45, 7) is 1.02. The van der Waals surface area contributed by atoms with Crippen molar-refractivity contribution in [3.63, 3.8) is 0 Å². The van der Waals surface area contributed by atoms with Gasteiger partial charge in [-0.05, 0) is 31.4 Å². The van der Waals surface area contributed by atoms with Crippen molar-refractivity contribution < 1.29 is 27.4 Å². The number of methoxy groups -OCH3 is 1. The van der Waals surface area contributed by atoms with E-state index >= 15 is 0 Å². The van der Waals surface area contributed by atoms with Crippen LogP contribution in [0.15, 0.2) is 23.1 Å². The zero-order valence-electron chi connectivity index (χ0n) is 12.8. The van der Waals surface area contributed by atoms with Crippen molar-refractivity contribution in [1.82, 2.24) is 4.72 Å². The summed E-state index contributed by atoms with van der Waals surface area (Å²) in [6.07, 6.45) is 1.06. The molecule has 1 saturated heterocycles. The summed E-state index contributed by atoms with van der Waals surface area (Å²) in [5, 5.41) is 10.1. The van der Waals surface area contributed by atoms with Crippen molar-refractivity contribution >= 4 is 10.0 Å². The fraction of sp³-hybridized carbons (Fsp3) is 0.600. The highest BCUT2D eigenvalue weighted by atomic mass is 32.2. The predicted molar refractivity (Wildman–Crippen MR) is 80.2 cm³/mol. The molecule has 0 radical (unpaired) electrons. The van der Waals surface area contributed by atoms with Gasteiger partial charge in [-0.3, -0.25) is 0 Å². The lowest BCUT2D eigenvalue weighted by atomic mass is 9.58. The number of aliphatic hydroxyl groups excluding tert-OH is 1. The van der Waals surface area contributed by atoms with E-state index in [2.05, 4.69) is 4.72 Å². The number of sulfonamides is 1. The zero-order valence-corrected chi connectivity index (χ0v) is 13.6. The Bertz CT molecular complexity index is 687. The third kappa shape index (κ3) is 2.84. The van der Waals surface area contributed by atoms with Crippen molar-refractivity contribution in [1.29, 1.82) is 0 Å². The summed E-state index contributed by atoms with van der Waals surface area (Å²) in [5.74, 6) is -0.612. The average Bonchev–Trinajstić information content (AvgIpc) is 2.54. The van der Waals surface area contributed by atoms with Crippen molar-refractivity contribution in [3.8, 4) is 5.75 Å². The van der Waals surface area contributed by atoms with Gasteiger partial charge in [-0.1, -0.05) is 0 Å². The molecule has 0 amide bonds. The van der Waals surface area contributed by atoms with Crippen LogP contribution in [0.4, 0.5) is 4.39 Å². The summed E-state index contributed by atoms with van der Waals surface area (Å²) in [7, 11) is -2.58. The van der Waals surface area contributed by atoms with Gasteiger partial charge in [0.25, 0.3) is 0 Å². The maximum absolute atomic E-state index is 13.3. The van der Waals surface area contributed by atoms with Crippen LogP contribution in [0.1, 0.15) is 19.3 Å². The van der Waals surface area contributed by atoms with Crippen LogP contribution >= 0.6 is 0 Å². The molecule has 0 aromatic heterocycles. The van der Waals surface area contributed by atoms with Crippen molar-refractivity contribution in [2.24, 2.45) is 5.41 Å². The Morgan fingerprint density at radius 1 is 1.39 bits per heavy atom. The molecule has 6 nitrogen and oxygen atoms in total. The Labute approximate surface area is 134 Å². The Morgan fingerprint density at radius 2 is 2.09 bits per heavy atom. The van der Waals surface area contributed by atoms with Crippen LogP contribution in [0.25, 0.3) is 0 Å². The van der Waals surface area contributed by atoms with Crippen LogP contribution in [0, 0.1) is 11.2 Å². The molecule has 2 N–H and O–H groups in total. The van der Waals surface area contributed by atoms with Gasteiger partial charge < -0.3 is 14.6 Å². The number of ether oxygens (including phenoxy) is 2. The minimum Gasteiger partial charge on any atom is -0.495 e. The van der Waals surface area contributed by atoms with Crippen molar-refractivity contribution in [2.45, 2.75) is 36.3 Å². The number of rotatable bonds is 4. The monoisotopic (exact) mass is 345 g/mol. The minimum atomic E-state index is -3.87. The fourth-order valence-corrected chi connectivity index (χ4v) is 4.96. The molecule has 128 valence electrons. The van der Waals surface area contributed by atoms with E-state index in [1.54, 1.807) is 0 Å². The molecule has 2 aliphatic rings. The van der Waals surface area contributed by atoms with Gasteiger partial charge in [-0.2, -0.15) is 0 Å². The van der Waals surface area contributed by atoms with Crippen LogP contribution in [-0.4, -0.2) is 46.0 Å². The highest BCUT2D eigenvalue weighted by Gasteiger charge is 2.56. The number of hydrogen-bond donors (Lipinski definition) is 2. The van der Waals surface area contributed by atoms with E-state index in [0.29, 0.717) is 32.5 Å². The van der Waals surface area contributed by atoms with Gasteiger partial charge in [-0.25, -0.2) is 17.5 Å². The van der Waals surface area contributed by atoms with Crippen LogP contribution in [0.5, 0.6) is 5.75 Å². The second kappa shape index (κ2) is 6.01. The smallest absolute Gasteiger partial charge is 0.244 e. The van der Waals surface area contributed by atoms with Crippen LogP contribution in [0.2, 0.25) is 0 Å². The van der Waals surface area contributed by atoms with E-state index in [1.807, 2.05) is 0 Å². The molecular weight excluding hydrogens is 325 g/mol. The lowest BCUT2D eigenvalue weighted by molar-refractivity contribution is -0.143. The van der Waals surface area contributed by atoms with Gasteiger partial charge in [0.1, 0.15) is 16.5 Å². The molecule has 1 aliphatic carbocycles. The molecule has 1 aromatic rings. The van der Waals surface area contributed by atoms with E-state index in [0.717, 1.165) is 12.1 Å². The summed E-state index contributed by atoms with van der Waals surface area (Å²) in [5.41, 5.74) is -0.474. The average molecular weight is 345 g/mol. The summed E-state index contributed by atoms with van der Waals surface area (Å²) < 4.78 is 51.5. The molecule has 0 bridgehead atoms. The zero-order chi connectivity index (χ0) is 16.7. The highest BCUT2D eigenvalue weighted by molar-refractivity contribution is 7.89. The van der Waals surface area contributed by atoms with Gasteiger partial charge in [0.2, 0.25) is 10.0 Å². The standard InChI is InChI=1S/C15H20FNO5S/c1-21-11-8-10(16)2-3-12(11)23(19,20)17-13-9-14(18)15(13)4-6-22-7-5-15/h2-3,8,13-14,17-18H,4-7,9H2,1H3/t13-,14-/m1/s1. The van der Waals surface area contributed by atoms with Gasteiger partial charge in [0.05, 0.1) is 13.2 Å². The second-order valence-electron chi connectivity index (χ2n) is 6.07. The third-order valence-electron chi connectivity index (χ3n) is 4.95. The third-order valence-corrected chi connectivity index (χ3v) is 6.46. The lowest BCUT2D eigenvalue weighted by Crippen LogP contribution is -2.65. The predicted octanol–water partition coefficient (Wildman–Crippen LogP) is 1.04. The van der Waals surface area contributed by atoms with Crippen LogP contribution < -0.4 is 9.46 Å². The minimum absolute atomic E-state index is 0.0431. The summed E-state index contributed by atoms with van der Waals surface area (Å²) in [6, 6.07) is 2.94. The lowest BCUT2D eigenvalue weighted by Gasteiger charge is -2.55. The van der Waals surface area contributed by atoms with Gasteiger partial charge in [0.15, 0.2) is 0 Å². The fourth-order valence-electron chi connectivity index (χ4n) is 3.48. The number of aliphatic hydroxyl groups is 1. The number of benzene rings is 1. The SMILES string of the molecule is COc1cc(F)ccc1S(=O)(=O)N[C@@H]1C[C@@H](O)C12CCOCC2. The molecule has 8 heteroatoms. The highest BCUT2D eigenvalue weighted by Crippen LogP contribution is 2.49. The maximum atomic E-state index is 13.3. The Kier molecular flexibility index (Phi) is 4.35.